The number of benzene rings is 2. The predicted molar refractivity (Wildman–Crippen MR) is 104 cm³/mol. The van der Waals surface area contributed by atoms with Crippen LogP contribution in [0, 0.1) is 0 Å². The molecule has 24 heavy (non-hydrogen) atoms. The molecule has 0 unspecified atom stereocenters. The average molecular weight is 333 g/mol. The van der Waals surface area contributed by atoms with Crippen LogP contribution in [0.15, 0.2) is 83.3 Å². The van der Waals surface area contributed by atoms with Crippen LogP contribution in [-0.4, -0.2) is 5.91 Å². The van der Waals surface area contributed by atoms with E-state index in [1.807, 2.05) is 48.5 Å². The molecule has 1 aliphatic rings. The van der Waals surface area contributed by atoms with E-state index < -0.39 is 0 Å². The zero-order valence-corrected chi connectivity index (χ0v) is 14.2. The molecular formula is C21H19NOS. The molecule has 2 aromatic carbocycles. The van der Waals surface area contributed by atoms with Crippen molar-refractivity contribution in [3.05, 3.63) is 89.5 Å². The van der Waals surface area contributed by atoms with Gasteiger partial charge in [0.15, 0.2) is 0 Å². The van der Waals surface area contributed by atoms with Crippen LogP contribution < -0.4 is 5.32 Å². The monoisotopic (exact) mass is 333 g/mol. The van der Waals surface area contributed by atoms with Gasteiger partial charge < -0.3 is 5.32 Å². The Morgan fingerprint density at radius 1 is 1.00 bits per heavy atom. The molecule has 0 heterocycles. The lowest BCUT2D eigenvalue weighted by molar-refractivity contribution is 0.102. The van der Waals surface area contributed by atoms with Gasteiger partial charge in [-0.3, -0.25) is 4.79 Å². The first-order valence-electron chi connectivity index (χ1n) is 7.95. The third-order valence-electron chi connectivity index (χ3n) is 3.83. The average Bonchev–Trinajstić information content (AvgIpc) is 2.63. The van der Waals surface area contributed by atoms with Crippen molar-refractivity contribution in [3.8, 4) is 0 Å². The summed E-state index contributed by atoms with van der Waals surface area (Å²) in [6, 6.07) is 15.0. The SMILES string of the molecule is O=C(Nc1ccc(S)cc1)c1ccc(/C=C/C2=CC=CCC2)cc1. The number of nitrogens with one attached hydrogen (secondary N) is 1. The maximum absolute atomic E-state index is 12.3. The zero-order chi connectivity index (χ0) is 16.8. The summed E-state index contributed by atoms with van der Waals surface area (Å²) in [6.45, 7) is 0. The molecule has 120 valence electrons. The Labute approximate surface area is 148 Å². The van der Waals surface area contributed by atoms with Gasteiger partial charge in [0.1, 0.15) is 0 Å². The van der Waals surface area contributed by atoms with Crippen LogP contribution >= 0.6 is 12.6 Å². The minimum Gasteiger partial charge on any atom is -0.322 e. The van der Waals surface area contributed by atoms with Crippen molar-refractivity contribution in [1.82, 2.24) is 0 Å². The number of rotatable bonds is 4. The number of amides is 1. The van der Waals surface area contributed by atoms with Crippen LogP contribution in [0.5, 0.6) is 0 Å². The highest BCUT2D eigenvalue weighted by molar-refractivity contribution is 7.80. The summed E-state index contributed by atoms with van der Waals surface area (Å²) in [6.07, 6.45) is 12.8. The summed E-state index contributed by atoms with van der Waals surface area (Å²) in [5.41, 5.74) is 3.81. The largest absolute Gasteiger partial charge is 0.322 e. The van der Waals surface area contributed by atoms with E-state index in [1.54, 1.807) is 0 Å². The molecule has 2 aromatic rings. The first-order valence-corrected chi connectivity index (χ1v) is 8.40. The Balaban J connectivity index is 1.64. The van der Waals surface area contributed by atoms with Gasteiger partial charge in [0.25, 0.3) is 5.91 Å². The lowest BCUT2D eigenvalue weighted by Crippen LogP contribution is -2.11. The first kappa shape index (κ1) is 16.3. The lowest BCUT2D eigenvalue weighted by Gasteiger charge is -2.06. The fourth-order valence-electron chi connectivity index (χ4n) is 2.46. The molecule has 3 rings (SSSR count). The van der Waals surface area contributed by atoms with E-state index >= 15 is 0 Å². The molecule has 0 saturated carbocycles. The van der Waals surface area contributed by atoms with Crippen LogP contribution in [0.4, 0.5) is 5.69 Å². The molecule has 0 radical (unpaired) electrons. The van der Waals surface area contributed by atoms with Gasteiger partial charge in [-0.1, -0.05) is 42.5 Å². The molecule has 1 amide bonds. The predicted octanol–water partition coefficient (Wildman–Crippen LogP) is 5.52. The number of carbonyl (C=O) groups excluding carboxylic acids is 1. The van der Waals surface area contributed by atoms with Gasteiger partial charge in [0.2, 0.25) is 0 Å². The van der Waals surface area contributed by atoms with Crippen LogP contribution in [0.3, 0.4) is 0 Å². The first-order chi connectivity index (χ1) is 11.7. The fourth-order valence-corrected chi connectivity index (χ4v) is 2.61. The highest BCUT2D eigenvalue weighted by Crippen LogP contribution is 2.16. The number of carbonyl (C=O) groups is 1. The van der Waals surface area contributed by atoms with E-state index in [2.05, 4.69) is 48.3 Å². The molecule has 0 atom stereocenters. The number of thiol groups is 1. The highest BCUT2D eigenvalue weighted by atomic mass is 32.1. The maximum atomic E-state index is 12.3. The molecule has 0 fully saturated rings. The van der Waals surface area contributed by atoms with Crippen molar-refractivity contribution >= 4 is 30.3 Å². The highest BCUT2D eigenvalue weighted by Gasteiger charge is 2.05. The number of allylic oxidation sites excluding steroid dienone is 5. The number of hydrogen-bond donors (Lipinski definition) is 2. The Hall–Kier alpha value is -2.52. The molecule has 0 aliphatic heterocycles. The Bertz CT molecular complexity index is 799. The summed E-state index contributed by atoms with van der Waals surface area (Å²) < 4.78 is 0. The van der Waals surface area contributed by atoms with Gasteiger partial charge in [-0.15, -0.1) is 12.6 Å². The molecular weight excluding hydrogens is 314 g/mol. The minimum atomic E-state index is -0.113. The quantitative estimate of drug-likeness (QED) is 0.709. The van der Waals surface area contributed by atoms with E-state index in [-0.39, 0.29) is 5.91 Å². The van der Waals surface area contributed by atoms with E-state index in [9.17, 15) is 4.79 Å². The maximum Gasteiger partial charge on any atom is 0.255 e. The number of anilines is 1. The molecule has 0 saturated heterocycles. The van der Waals surface area contributed by atoms with Gasteiger partial charge in [0, 0.05) is 16.1 Å². The van der Waals surface area contributed by atoms with Gasteiger partial charge in [-0.25, -0.2) is 0 Å². The van der Waals surface area contributed by atoms with Crippen LogP contribution in [0.2, 0.25) is 0 Å². The summed E-state index contributed by atoms with van der Waals surface area (Å²) in [5.74, 6) is -0.113. The van der Waals surface area contributed by atoms with E-state index in [0.29, 0.717) is 5.56 Å². The Morgan fingerprint density at radius 2 is 1.75 bits per heavy atom. The van der Waals surface area contributed by atoms with E-state index in [4.69, 9.17) is 0 Å². The second kappa shape index (κ2) is 7.84. The molecule has 0 spiro atoms. The summed E-state index contributed by atoms with van der Waals surface area (Å²) in [4.78, 5) is 13.1. The lowest BCUT2D eigenvalue weighted by atomic mass is 10.0. The smallest absolute Gasteiger partial charge is 0.255 e. The second-order valence-electron chi connectivity index (χ2n) is 5.66. The van der Waals surface area contributed by atoms with Crippen LogP contribution in [-0.2, 0) is 0 Å². The van der Waals surface area contributed by atoms with Gasteiger partial charge in [0.05, 0.1) is 0 Å². The summed E-state index contributed by atoms with van der Waals surface area (Å²) in [7, 11) is 0. The second-order valence-corrected chi connectivity index (χ2v) is 6.18. The van der Waals surface area contributed by atoms with Gasteiger partial charge in [-0.05, 0) is 60.4 Å². The zero-order valence-electron chi connectivity index (χ0n) is 13.3. The van der Waals surface area contributed by atoms with Gasteiger partial charge >= 0.3 is 0 Å². The third kappa shape index (κ3) is 4.49. The van der Waals surface area contributed by atoms with Crippen molar-refractivity contribution in [3.63, 3.8) is 0 Å². The number of hydrogen-bond acceptors (Lipinski definition) is 2. The minimum absolute atomic E-state index is 0.113. The summed E-state index contributed by atoms with van der Waals surface area (Å²) >= 11 is 4.23. The molecule has 3 heteroatoms. The summed E-state index contributed by atoms with van der Waals surface area (Å²) in [5, 5.41) is 2.88. The third-order valence-corrected chi connectivity index (χ3v) is 4.13. The topological polar surface area (TPSA) is 29.1 Å². The van der Waals surface area contributed by atoms with Crippen LogP contribution in [0.25, 0.3) is 6.08 Å². The van der Waals surface area contributed by atoms with Crippen LogP contribution in [0.1, 0.15) is 28.8 Å². The van der Waals surface area contributed by atoms with Crippen molar-refractivity contribution in [1.29, 1.82) is 0 Å². The van der Waals surface area contributed by atoms with Crippen molar-refractivity contribution in [2.45, 2.75) is 17.7 Å². The molecule has 1 aliphatic carbocycles. The van der Waals surface area contributed by atoms with E-state index in [0.717, 1.165) is 29.0 Å². The molecule has 1 N–H and O–H groups in total. The Morgan fingerprint density at radius 3 is 2.42 bits per heavy atom. The van der Waals surface area contributed by atoms with Gasteiger partial charge in [-0.2, -0.15) is 0 Å². The Kier molecular flexibility index (Phi) is 5.34. The fraction of sp³-hybridized carbons (Fsp3) is 0.0952. The normalized spacial score (nSPS) is 13.8. The van der Waals surface area contributed by atoms with Crippen molar-refractivity contribution in [2.24, 2.45) is 0 Å². The molecule has 2 nitrogen and oxygen atoms in total. The van der Waals surface area contributed by atoms with E-state index in [1.165, 1.54) is 5.57 Å². The van der Waals surface area contributed by atoms with Crippen molar-refractivity contribution in [2.75, 3.05) is 5.32 Å². The standard InChI is InChI=1S/C21H19NOS/c23-21(22-19-12-14-20(24)15-13-19)18-10-8-17(9-11-18)7-6-16-4-2-1-3-5-16/h1-2,4,6-15,24H,3,5H2,(H,22,23)/b7-6+. The molecule has 0 aromatic heterocycles. The van der Waals surface area contributed by atoms with Crippen molar-refractivity contribution < 1.29 is 4.79 Å². The molecule has 0 bridgehead atoms.